The molecule has 0 saturated carbocycles. The van der Waals surface area contributed by atoms with E-state index >= 15 is 0 Å². The molecule has 112 valence electrons. The minimum absolute atomic E-state index is 0.103. The number of rotatable bonds is 7. The van der Waals surface area contributed by atoms with E-state index in [2.05, 4.69) is 29.4 Å². The molecule has 5 heteroatoms. The van der Waals surface area contributed by atoms with Gasteiger partial charge in [-0.25, -0.2) is 0 Å². The number of piperidine rings is 1. The first kappa shape index (κ1) is 16.4. The van der Waals surface area contributed by atoms with Crippen LogP contribution in [0.4, 0.5) is 0 Å². The molecule has 1 amide bonds. The summed E-state index contributed by atoms with van der Waals surface area (Å²) in [4.78, 5) is 13.5. The van der Waals surface area contributed by atoms with E-state index in [-0.39, 0.29) is 5.91 Å². The summed E-state index contributed by atoms with van der Waals surface area (Å²) >= 11 is 0. The van der Waals surface area contributed by atoms with E-state index in [1.807, 2.05) is 0 Å². The van der Waals surface area contributed by atoms with Crippen LogP contribution in [0.25, 0.3) is 0 Å². The van der Waals surface area contributed by atoms with Crippen LogP contribution < -0.4 is 10.6 Å². The maximum absolute atomic E-state index is 11.3. The summed E-state index contributed by atoms with van der Waals surface area (Å²) in [6.45, 7) is 7.70. The Morgan fingerprint density at radius 1 is 1.37 bits per heavy atom. The molecule has 5 nitrogen and oxygen atoms in total. The van der Waals surface area contributed by atoms with Crippen molar-refractivity contribution in [3.8, 4) is 0 Å². The van der Waals surface area contributed by atoms with Gasteiger partial charge in [-0.2, -0.15) is 0 Å². The summed E-state index contributed by atoms with van der Waals surface area (Å²) < 4.78 is 5.27. The fourth-order valence-corrected chi connectivity index (χ4v) is 2.46. The molecule has 2 N–H and O–H groups in total. The molecule has 0 aromatic heterocycles. The SMILES string of the molecule is CNC(=O)CN1CCC(NC(COC)C(C)C)CC1. The normalized spacial score (nSPS) is 19.6. The molecular formula is C14H29N3O2. The lowest BCUT2D eigenvalue weighted by Gasteiger charge is -2.35. The fourth-order valence-electron chi connectivity index (χ4n) is 2.46. The molecule has 1 unspecified atom stereocenters. The van der Waals surface area contributed by atoms with Crippen LogP contribution in [-0.4, -0.2) is 63.3 Å². The molecular weight excluding hydrogens is 242 g/mol. The lowest BCUT2D eigenvalue weighted by atomic mass is 9.99. The Hall–Kier alpha value is -0.650. The second-order valence-electron chi connectivity index (χ2n) is 5.70. The zero-order chi connectivity index (χ0) is 14.3. The molecule has 0 aromatic rings. The zero-order valence-electron chi connectivity index (χ0n) is 12.7. The molecule has 1 atom stereocenters. The Morgan fingerprint density at radius 3 is 2.47 bits per heavy atom. The second kappa shape index (κ2) is 8.51. The Labute approximate surface area is 117 Å². The van der Waals surface area contributed by atoms with Gasteiger partial charge in [0.15, 0.2) is 0 Å². The quantitative estimate of drug-likeness (QED) is 0.706. The third-order valence-corrected chi connectivity index (χ3v) is 3.83. The molecule has 0 bridgehead atoms. The number of carbonyl (C=O) groups excluding carboxylic acids is 1. The monoisotopic (exact) mass is 271 g/mol. The van der Waals surface area contributed by atoms with Crippen LogP contribution >= 0.6 is 0 Å². The van der Waals surface area contributed by atoms with Gasteiger partial charge in [0.1, 0.15) is 0 Å². The van der Waals surface area contributed by atoms with Crippen LogP contribution in [-0.2, 0) is 9.53 Å². The van der Waals surface area contributed by atoms with Crippen LogP contribution in [0.3, 0.4) is 0 Å². The summed E-state index contributed by atoms with van der Waals surface area (Å²) in [5.74, 6) is 0.676. The van der Waals surface area contributed by atoms with E-state index in [9.17, 15) is 4.79 Å². The number of hydrogen-bond acceptors (Lipinski definition) is 4. The smallest absolute Gasteiger partial charge is 0.233 e. The molecule has 1 aliphatic heterocycles. The average Bonchev–Trinajstić information content (AvgIpc) is 2.40. The summed E-state index contributed by atoms with van der Waals surface area (Å²) in [6, 6.07) is 0.962. The van der Waals surface area contributed by atoms with Crippen LogP contribution in [0, 0.1) is 5.92 Å². The molecule has 0 aromatic carbocycles. The topological polar surface area (TPSA) is 53.6 Å². The van der Waals surface area contributed by atoms with Crippen LogP contribution in [0.15, 0.2) is 0 Å². The van der Waals surface area contributed by atoms with Crippen molar-refractivity contribution in [1.29, 1.82) is 0 Å². The van der Waals surface area contributed by atoms with Gasteiger partial charge in [-0.1, -0.05) is 13.8 Å². The van der Waals surface area contributed by atoms with Crippen molar-refractivity contribution in [3.63, 3.8) is 0 Å². The summed E-state index contributed by atoms with van der Waals surface area (Å²) in [7, 11) is 3.44. The van der Waals surface area contributed by atoms with Crippen molar-refractivity contribution in [2.75, 3.05) is 40.4 Å². The van der Waals surface area contributed by atoms with Gasteiger partial charge in [0.2, 0.25) is 5.91 Å². The number of likely N-dealkylation sites (N-methyl/N-ethyl adjacent to an activating group) is 1. The number of nitrogens with zero attached hydrogens (tertiary/aromatic N) is 1. The molecule has 1 rings (SSSR count). The molecule has 0 radical (unpaired) electrons. The van der Waals surface area contributed by atoms with Crippen molar-refractivity contribution in [3.05, 3.63) is 0 Å². The molecule has 1 aliphatic rings. The first-order valence-electron chi connectivity index (χ1n) is 7.24. The molecule has 1 saturated heterocycles. The van der Waals surface area contributed by atoms with E-state index in [1.54, 1.807) is 14.2 Å². The van der Waals surface area contributed by atoms with Gasteiger partial charge in [-0.15, -0.1) is 0 Å². The minimum Gasteiger partial charge on any atom is -0.383 e. The number of likely N-dealkylation sites (tertiary alicyclic amines) is 1. The maximum Gasteiger partial charge on any atom is 0.233 e. The highest BCUT2D eigenvalue weighted by molar-refractivity contribution is 5.77. The van der Waals surface area contributed by atoms with Gasteiger partial charge >= 0.3 is 0 Å². The van der Waals surface area contributed by atoms with E-state index in [0.717, 1.165) is 32.5 Å². The standard InChI is InChI=1S/C14H29N3O2/c1-11(2)13(10-19-4)16-12-5-7-17(8-6-12)9-14(18)15-3/h11-13,16H,5-10H2,1-4H3,(H,15,18). The van der Waals surface area contributed by atoms with Gasteiger partial charge in [-0.05, 0) is 18.8 Å². The van der Waals surface area contributed by atoms with E-state index in [0.29, 0.717) is 24.5 Å². The zero-order valence-corrected chi connectivity index (χ0v) is 12.7. The molecule has 19 heavy (non-hydrogen) atoms. The fraction of sp³-hybridized carbons (Fsp3) is 0.929. The minimum atomic E-state index is 0.103. The molecule has 0 aliphatic carbocycles. The second-order valence-corrected chi connectivity index (χ2v) is 5.70. The Bertz CT molecular complexity index is 263. The first-order valence-corrected chi connectivity index (χ1v) is 7.24. The van der Waals surface area contributed by atoms with E-state index < -0.39 is 0 Å². The van der Waals surface area contributed by atoms with Crippen molar-refractivity contribution < 1.29 is 9.53 Å². The van der Waals surface area contributed by atoms with E-state index in [1.165, 1.54) is 0 Å². The Kier molecular flexibility index (Phi) is 7.34. The van der Waals surface area contributed by atoms with Gasteiger partial charge in [0, 0.05) is 39.3 Å². The third-order valence-electron chi connectivity index (χ3n) is 3.83. The highest BCUT2D eigenvalue weighted by Crippen LogP contribution is 2.13. The van der Waals surface area contributed by atoms with Crippen LogP contribution in [0.2, 0.25) is 0 Å². The van der Waals surface area contributed by atoms with Crippen molar-refractivity contribution in [2.24, 2.45) is 5.92 Å². The van der Waals surface area contributed by atoms with E-state index in [4.69, 9.17) is 4.74 Å². The van der Waals surface area contributed by atoms with Crippen LogP contribution in [0.5, 0.6) is 0 Å². The number of methoxy groups -OCH3 is 1. The van der Waals surface area contributed by atoms with Crippen molar-refractivity contribution >= 4 is 5.91 Å². The maximum atomic E-state index is 11.3. The summed E-state index contributed by atoms with van der Waals surface area (Å²) in [5, 5.41) is 6.37. The first-order chi connectivity index (χ1) is 9.06. The molecule has 1 heterocycles. The van der Waals surface area contributed by atoms with Gasteiger partial charge in [0.25, 0.3) is 0 Å². The molecule has 0 spiro atoms. The average molecular weight is 271 g/mol. The van der Waals surface area contributed by atoms with Gasteiger partial charge in [-0.3, -0.25) is 9.69 Å². The number of ether oxygens (including phenoxy) is 1. The lowest BCUT2D eigenvalue weighted by Crippen LogP contribution is -2.50. The number of amides is 1. The summed E-state index contributed by atoms with van der Waals surface area (Å²) in [6.07, 6.45) is 2.20. The number of carbonyl (C=O) groups is 1. The third kappa shape index (κ3) is 5.89. The highest BCUT2D eigenvalue weighted by Gasteiger charge is 2.23. The number of hydrogen-bond donors (Lipinski definition) is 2. The number of nitrogens with one attached hydrogen (secondary N) is 2. The van der Waals surface area contributed by atoms with Gasteiger partial charge in [0.05, 0.1) is 13.2 Å². The Morgan fingerprint density at radius 2 is 2.00 bits per heavy atom. The Balaban J connectivity index is 2.30. The van der Waals surface area contributed by atoms with Gasteiger partial charge < -0.3 is 15.4 Å². The molecule has 1 fully saturated rings. The lowest BCUT2D eigenvalue weighted by molar-refractivity contribution is -0.122. The highest BCUT2D eigenvalue weighted by atomic mass is 16.5. The van der Waals surface area contributed by atoms with Crippen molar-refractivity contribution in [2.45, 2.75) is 38.8 Å². The van der Waals surface area contributed by atoms with Crippen molar-refractivity contribution in [1.82, 2.24) is 15.5 Å². The van der Waals surface area contributed by atoms with Crippen LogP contribution in [0.1, 0.15) is 26.7 Å². The predicted molar refractivity (Wildman–Crippen MR) is 77.2 cm³/mol. The predicted octanol–water partition coefficient (Wildman–Crippen LogP) is 0.457. The summed E-state index contributed by atoms with van der Waals surface area (Å²) in [5.41, 5.74) is 0. The largest absolute Gasteiger partial charge is 0.383 e.